The number of benzene rings is 2. The van der Waals surface area contributed by atoms with Gasteiger partial charge < -0.3 is 9.26 Å². The minimum absolute atomic E-state index is 0.527. The summed E-state index contributed by atoms with van der Waals surface area (Å²) in [4.78, 5) is 8.88. The SMILES string of the molecule is COc1ccc(-n2ccnc2SCc2noc(-c3ccccc3)n2)cc1. The van der Waals surface area contributed by atoms with Gasteiger partial charge in [-0.15, -0.1) is 0 Å². The first-order valence-electron chi connectivity index (χ1n) is 8.02. The number of hydrogen-bond donors (Lipinski definition) is 0. The summed E-state index contributed by atoms with van der Waals surface area (Å²) in [6.07, 6.45) is 3.70. The van der Waals surface area contributed by atoms with Crippen molar-refractivity contribution in [1.29, 1.82) is 0 Å². The minimum atomic E-state index is 0.527. The molecule has 0 amide bonds. The van der Waals surface area contributed by atoms with Gasteiger partial charge >= 0.3 is 0 Å². The van der Waals surface area contributed by atoms with Gasteiger partial charge in [0.25, 0.3) is 5.89 Å². The third-order valence-corrected chi connectivity index (χ3v) is 4.74. The standard InChI is InChI=1S/C19H16N4O2S/c1-24-16-9-7-15(8-10-16)23-12-11-20-19(23)26-13-17-21-18(25-22-17)14-5-3-2-4-6-14/h2-12H,13H2,1H3. The highest BCUT2D eigenvalue weighted by molar-refractivity contribution is 7.98. The maximum absolute atomic E-state index is 5.35. The molecule has 4 aromatic rings. The van der Waals surface area contributed by atoms with E-state index in [1.54, 1.807) is 25.1 Å². The highest BCUT2D eigenvalue weighted by Gasteiger charge is 2.11. The van der Waals surface area contributed by atoms with Gasteiger partial charge in [-0.25, -0.2) is 4.98 Å². The van der Waals surface area contributed by atoms with Crippen molar-refractivity contribution in [1.82, 2.24) is 19.7 Å². The van der Waals surface area contributed by atoms with Crippen LogP contribution in [0.15, 0.2) is 76.7 Å². The minimum Gasteiger partial charge on any atom is -0.497 e. The topological polar surface area (TPSA) is 66.0 Å². The van der Waals surface area contributed by atoms with Gasteiger partial charge in [0.15, 0.2) is 11.0 Å². The Hall–Kier alpha value is -3.06. The predicted octanol–water partition coefficient (Wildman–Crippen LogP) is 4.22. The summed E-state index contributed by atoms with van der Waals surface area (Å²) in [6.45, 7) is 0. The molecule has 0 atom stereocenters. The number of nitrogens with zero attached hydrogens (tertiary/aromatic N) is 4. The van der Waals surface area contributed by atoms with Crippen LogP contribution in [0, 0.1) is 0 Å². The molecule has 4 rings (SSSR count). The summed E-state index contributed by atoms with van der Waals surface area (Å²) in [5, 5.41) is 4.92. The molecule has 7 heteroatoms. The lowest BCUT2D eigenvalue weighted by atomic mass is 10.2. The van der Waals surface area contributed by atoms with E-state index in [0.29, 0.717) is 17.5 Å². The van der Waals surface area contributed by atoms with Crippen LogP contribution in [0.25, 0.3) is 17.1 Å². The molecule has 0 spiro atoms. The molecule has 0 saturated carbocycles. The summed E-state index contributed by atoms with van der Waals surface area (Å²) in [5.41, 5.74) is 1.93. The predicted molar refractivity (Wildman–Crippen MR) is 99.4 cm³/mol. The van der Waals surface area contributed by atoms with Crippen molar-refractivity contribution in [3.8, 4) is 22.9 Å². The first kappa shape index (κ1) is 16.4. The van der Waals surface area contributed by atoms with Gasteiger partial charge in [0.1, 0.15) is 5.75 Å². The quantitative estimate of drug-likeness (QED) is 0.477. The molecule has 26 heavy (non-hydrogen) atoms. The molecule has 0 N–H and O–H groups in total. The van der Waals surface area contributed by atoms with E-state index in [9.17, 15) is 0 Å². The molecule has 0 aliphatic carbocycles. The van der Waals surface area contributed by atoms with Crippen molar-refractivity contribution in [2.24, 2.45) is 0 Å². The van der Waals surface area contributed by atoms with E-state index in [1.807, 2.05) is 65.4 Å². The number of rotatable bonds is 6. The van der Waals surface area contributed by atoms with E-state index >= 15 is 0 Å². The van der Waals surface area contributed by atoms with Crippen molar-refractivity contribution >= 4 is 11.8 Å². The van der Waals surface area contributed by atoms with Gasteiger partial charge in [-0.05, 0) is 36.4 Å². The van der Waals surface area contributed by atoms with E-state index in [1.165, 1.54) is 0 Å². The summed E-state index contributed by atoms with van der Waals surface area (Å²) in [5.74, 6) is 2.56. The summed E-state index contributed by atoms with van der Waals surface area (Å²) in [7, 11) is 1.65. The number of aromatic nitrogens is 4. The van der Waals surface area contributed by atoms with Crippen LogP contribution in [0.2, 0.25) is 0 Å². The van der Waals surface area contributed by atoms with E-state index in [0.717, 1.165) is 22.2 Å². The van der Waals surface area contributed by atoms with Crippen LogP contribution < -0.4 is 4.74 Å². The second-order valence-electron chi connectivity index (χ2n) is 5.45. The lowest BCUT2D eigenvalue weighted by Crippen LogP contribution is -1.96. The molecule has 2 aromatic heterocycles. The van der Waals surface area contributed by atoms with Gasteiger partial charge in [-0.2, -0.15) is 4.98 Å². The van der Waals surface area contributed by atoms with Crippen LogP contribution in [-0.4, -0.2) is 26.8 Å². The molecule has 0 fully saturated rings. The van der Waals surface area contributed by atoms with Gasteiger partial charge in [0.2, 0.25) is 0 Å². The van der Waals surface area contributed by atoms with Crippen molar-refractivity contribution in [3.05, 3.63) is 72.8 Å². The molecular formula is C19H16N4O2S. The Morgan fingerprint density at radius 1 is 1.08 bits per heavy atom. The second-order valence-corrected chi connectivity index (χ2v) is 6.39. The lowest BCUT2D eigenvalue weighted by Gasteiger charge is -2.07. The Labute approximate surface area is 154 Å². The fraction of sp³-hybridized carbons (Fsp3) is 0.105. The van der Waals surface area contributed by atoms with Gasteiger partial charge in [0, 0.05) is 23.6 Å². The zero-order valence-corrected chi connectivity index (χ0v) is 14.9. The molecule has 2 heterocycles. The first-order valence-corrected chi connectivity index (χ1v) is 9.00. The molecule has 0 unspecified atom stereocenters. The van der Waals surface area contributed by atoms with Crippen LogP contribution in [0.3, 0.4) is 0 Å². The van der Waals surface area contributed by atoms with Crippen LogP contribution in [0.5, 0.6) is 5.75 Å². The van der Waals surface area contributed by atoms with Crippen LogP contribution in [-0.2, 0) is 5.75 Å². The smallest absolute Gasteiger partial charge is 0.257 e. The normalized spacial score (nSPS) is 10.8. The Morgan fingerprint density at radius 2 is 1.88 bits per heavy atom. The molecular weight excluding hydrogens is 348 g/mol. The van der Waals surface area contributed by atoms with Crippen LogP contribution in [0.1, 0.15) is 5.82 Å². The zero-order chi connectivity index (χ0) is 17.8. The highest BCUT2D eigenvalue weighted by atomic mass is 32.2. The van der Waals surface area contributed by atoms with Crippen molar-refractivity contribution in [2.45, 2.75) is 10.9 Å². The van der Waals surface area contributed by atoms with Crippen molar-refractivity contribution < 1.29 is 9.26 Å². The number of imidazole rings is 1. The van der Waals surface area contributed by atoms with E-state index in [4.69, 9.17) is 9.26 Å². The van der Waals surface area contributed by atoms with Crippen molar-refractivity contribution in [2.75, 3.05) is 7.11 Å². The highest BCUT2D eigenvalue weighted by Crippen LogP contribution is 2.25. The third kappa shape index (κ3) is 3.48. The molecule has 6 nitrogen and oxygen atoms in total. The maximum Gasteiger partial charge on any atom is 0.257 e. The second kappa shape index (κ2) is 7.45. The van der Waals surface area contributed by atoms with Crippen LogP contribution in [0.4, 0.5) is 0 Å². The fourth-order valence-corrected chi connectivity index (χ4v) is 3.29. The molecule has 130 valence electrons. The Morgan fingerprint density at radius 3 is 2.65 bits per heavy atom. The Kier molecular flexibility index (Phi) is 4.70. The first-order chi connectivity index (χ1) is 12.8. The summed E-state index contributed by atoms with van der Waals surface area (Å²) >= 11 is 1.56. The molecule has 0 bridgehead atoms. The number of thioether (sulfide) groups is 1. The fourth-order valence-electron chi connectivity index (χ4n) is 2.48. The van der Waals surface area contributed by atoms with E-state index in [2.05, 4.69) is 15.1 Å². The summed E-state index contributed by atoms with van der Waals surface area (Å²) in [6, 6.07) is 17.6. The monoisotopic (exact) mass is 364 g/mol. The lowest BCUT2D eigenvalue weighted by molar-refractivity contribution is 0.414. The zero-order valence-electron chi connectivity index (χ0n) is 14.1. The van der Waals surface area contributed by atoms with Gasteiger partial charge in [-0.3, -0.25) is 4.57 Å². The molecule has 0 aliphatic rings. The van der Waals surface area contributed by atoms with Crippen LogP contribution >= 0.6 is 11.8 Å². The molecule has 2 aromatic carbocycles. The molecule has 0 saturated heterocycles. The average Bonchev–Trinajstić information content (AvgIpc) is 3.36. The Bertz CT molecular complexity index is 980. The maximum atomic E-state index is 5.35. The van der Waals surface area contributed by atoms with Gasteiger partial charge in [0.05, 0.1) is 12.9 Å². The number of methoxy groups -OCH3 is 1. The van der Waals surface area contributed by atoms with E-state index < -0.39 is 0 Å². The van der Waals surface area contributed by atoms with Gasteiger partial charge in [-0.1, -0.05) is 35.1 Å². The number of hydrogen-bond acceptors (Lipinski definition) is 6. The Balaban J connectivity index is 1.47. The van der Waals surface area contributed by atoms with E-state index in [-0.39, 0.29) is 0 Å². The van der Waals surface area contributed by atoms with Crippen molar-refractivity contribution in [3.63, 3.8) is 0 Å². The molecule has 0 aliphatic heterocycles. The largest absolute Gasteiger partial charge is 0.497 e. The molecule has 0 radical (unpaired) electrons. The number of ether oxygens (including phenoxy) is 1. The third-order valence-electron chi connectivity index (χ3n) is 3.78. The summed E-state index contributed by atoms with van der Waals surface area (Å²) < 4.78 is 12.6. The average molecular weight is 364 g/mol.